The van der Waals surface area contributed by atoms with Crippen molar-refractivity contribution in [2.75, 3.05) is 19.6 Å². The van der Waals surface area contributed by atoms with Crippen LogP contribution in [-0.2, 0) is 0 Å². The van der Waals surface area contributed by atoms with Gasteiger partial charge in [0.25, 0.3) is 0 Å². The second-order valence-electron chi connectivity index (χ2n) is 5.83. The van der Waals surface area contributed by atoms with Crippen LogP contribution in [0.5, 0.6) is 0 Å². The minimum atomic E-state index is -0.358. The quantitative estimate of drug-likeness (QED) is 0.868. The molecule has 1 aromatic carbocycles. The molecule has 104 valence electrons. The molecular weight excluding hydrogens is 236 g/mol. The summed E-state index contributed by atoms with van der Waals surface area (Å²) in [5.41, 5.74) is 1.03. The first kappa shape index (κ1) is 13.1. The van der Waals surface area contributed by atoms with Gasteiger partial charge in [0, 0.05) is 18.6 Å². The Hall–Kier alpha value is -0.900. The maximum atomic E-state index is 10.4. The fourth-order valence-electron chi connectivity index (χ4n) is 3.58. The lowest BCUT2D eigenvalue weighted by Crippen LogP contribution is -2.45. The molecule has 2 saturated heterocycles. The number of rotatable bonds is 4. The summed E-state index contributed by atoms with van der Waals surface area (Å²) in [5.74, 6) is 0. The van der Waals surface area contributed by atoms with E-state index >= 15 is 0 Å². The number of likely N-dealkylation sites (tertiary alicyclic amines) is 1. The van der Waals surface area contributed by atoms with Gasteiger partial charge in [-0.05, 0) is 44.3 Å². The lowest BCUT2D eigenvalue weighted by molar-refractivity contribution is 0.0970. The van der Waals surface area contributed by atoms with Crippen LogP contribution in [0.25, 0.3) is 0 Å². The summed E-state index contributed by atoms with van der Waals surface area (Å²) in [5, 5.41) is 14.0. The Kier molecular flexibility index (Phi) is 4.16. The predicted molar refractivity (Wildman–Crippen MR) is 77.0 cm³/mol. The first-order valence-corrected chi connectivity index (χ1v) is 7.55. The van der Waals surface area contributed by atoms with Gasteiger partial charge in [0.15, 0.2) is 0 Å². The van der Waals surface area contributed by atoms with Gasteiger partial charge in [-0.25, -0.2) is 0 Å². The molecule has 0 aromatic heterocycles. The second kappa shape index (κ2) is 6.04. The molecule has 2 aliphatic heterocycles. The van der Waals surface area contributed by atoms with E-state index in [0.29, 0.717) is 12.1 Å². The number of aliphatic hydroxyl groups excluding tert-OH is 1. The first-order chi connectivity index (χ1) is 9.34. The molecular formula is C16H24N2O. The molecule has 0 spiro atoms. The number of aliphatic hydroxyl groups is 1. The Balaban J connectivity index is 1.62. The molecule has 3 atom stereocenters. The molecule has 3 unspecified atom stereocenters. The van der Waals surface area contributed by atoms with E-state index in [1.54, 1.807) is 0 Å². The van der Waals surface area contributed by atoms with E-state index in [1.165, 1.54) is 25.7 Å². The highest BCUT2D eigenvalue weighted by atomic mass is 16.3. The highest BCUT2D eigenvalue weighted by Gasteiger charge is 2.33. The molecule has 0 amide bonds. The van der Waals surface area contributed by atoms with Crippen molar-refractivity contribution in [3.8, 4) is 0 Å². The van der Waals surface area contributed by atoms with Crippen molar-refractivity contribution in [2.24, 2.45) is 0 Å². The molecule has 2 fully saturated rings. The van der Waals surface area contributed by atoms with Gasteiger partial charge >= 0.3 is 0 Å². The highest BCUT2D eigenvalue weighted by molar-refractivity contribution is 5.17. The highest BCUT2D eigenvalue weighted by Crippen LogP contribution is 2.27. The van der Waals surface area contributed by atoms with E-state index < -0.39 is 0 Å². The minimum Gasteiger partial charge on any atom is -0.387 e. The van der Waals surface area contributed by atoms with Crippen molar-refractivity contribution in [1.82, 2.24) is 10.2 Å². The van der Waals surface area contributed by atoms with Crippen molar-refractivity contribution >= 4 is 0 Å². The van der Waals surface area contributed by atoms with E-state index in [-0.39, 0.29) is 6.10 Å². The number of hydrogen-bond donors (Lipinski definition) is 2. The van der Waals surface area contributed by atoms with Gasteiger partial charge < -0.3 is 10.4 Å². The number of β-amino-alcohol motifs (C(OH)–C–C–N with tert-alkyl or cyclic N) is 1. The molecule has 2 aliphatic rings. The van der Waals surface area contributed by atoms with Crippen LogP contribution in [0.3, 0.4) is 0 Å². The van der Waals surface area contributed by atoms with Crippen molar-refractivity contribution in [3.63, 3.8) is 0 Å². The van der Waals surface area contributed by atoms with E-state index in [9.17, 15) is 5.11 Å². The monoisotopic (exact) mass is 260 g/mol. The summed E-state index contributed by atoms with van der Waals surface area (Å²) < 4.78 is 0. The number of benzene rings is 1. The zero-order chi connectivity index (χ0) is 13.1. The van der Waals surface area contributed by atoms with Gasteiger partial charge in [0.05, 0.1) is 6.10 Å². The van der Waals surface area contributed by atoms with Crippen LogP contribution in [0.2, 0.25) is 0 Å². The molecule has 3 nitrogen and oxygen atoms in total. The summed E-state index contributed by atoms with van der Waals surface area (Å²) >= 11 is 0. The van der Waals surface area contributed by atoms with Crippen molar-refractivity contribution in [1.29, 1.82) is 0 Å². The average molecular weight is 260 g/mol. The van der Waals surface area contributed by atoms with Gasteiger partial charge in [-0.3, -0.25) is 4.90 Å². The third-order valence-electron chi connectivity index (χ3n) is 4.57. The Labute approximate surface area is 115 Å². The van der Waals surface area contributed by atoms with Crippen molar-refractivity contribution in [3.05, 3.63) is 35.9 Å². The average Bonchev–Trinajstić information content (AvgIpc) is 3.10. The van der Waals surface area contributed by atoms with Gasteiger partial charge in [-0.2, -0.15) is 0 Å². The molecule has 0 aliphatic carbocycles. The third-order valence-corrected chi connectivity index (χ3v) is 4.57. The normalized spacial score (nSPS) is 29.7. The third kappa shape index (κ3) is 2.99. The van der Waals surface area contributed by atoms with Crippen LogP contribution in [0.15, 0.2) is 30.3 Å². The zero-order valence-corrected chi connectivity index (χ0v) is 11.5. The molecule has 1 aromatic rings. The van der Waals surface area contributed by atoms with E-state index in [0.717, 1.165) is 25.2 Å². The summed E-state index contributed by atoms with van der Waals surface area (Å²) in [7, 11) is 0. The molecule has 0 radical (unpaired) electrons. The van der Waals surface area contributed by atoms with Gasteiger partial charge in [-0.1, -0.05) is 30.3 Å². The fourth-order valence-corrected chi connectivity index (χ4v) is 3.58. The molecule has 2 N–H and O–H groups in total. The van der Waals surface area contributed by atoms with Gasteiger partial charge in [0.1, 0.15) is 0 Å². The standard InChI is InChI=1S/C16H24N2O/c19-16(13-6-2-1-3-7-13)12-18-11-5-9-15(18)14-8-4-10-17-14/h1-3,6-7,14-17,19H,4-5,8-12H2. The molecule has 19 heavy (non-hydrogen) atoms. The SMILES string of the molecule is OC(CN1CCCC1C1CCCN1)c1ccccc1. The summed E-state index contributed by atoms with van der Waals surface area (Å²) in [4.78, 5) is 2.49. The Morgan fingerprint density at radius 1 is 1.21 bits per heavy atom. The van der Waals surface area contributed by atoms with E-state index in [1.807, 2.05) is 30.3 Å². The topological polar surface area (TPSA) is 35.5 Å². The second-order valence-corrected chi connectivity index (χ2v) is 5.83. The fraction of sp³-hybridized carbons (Fsp3) is 0.625. The predicted octanol–water partition coefficient (Wildman–Crippen LogP) is 1.94. The molecule has 0 bridgehead atoms. The lowest BCUT2D eigenvalue weighted by atomic mass is 10.0. The van der Waals surface area contributed by atoms with Crippen molar-refractivity contribution < 1.29 is 5.11 Å². The first-order valence-electron chi connectivity index (χ1n) is 7.55. The smallest absolute Gasteiger partial charge is 0.0917 e. The summed E-state index contributed by atoms with van der Waals surface area (Å²) in [6.07, 6.45) is 4.78. The van der Waals surface area contributed by atoms with Crippen LogP contribution < -0.4 is 5.32 Å². The van der Waals surface area contributed by atoms with Gasteiger partial charge in [-0.15, -0.1) is 0 Å². The molecule has 3 rings (SSSR count). The minimum absolute atomic E-state index is 0.358. The summed E-state index contributed by atoms with van der Waals surface area (Å²) in [6.45, 7) is 3.07. The Morgan fingerprint density at radius 2 is 2.05 bits per heavy atom. The van der Waals surface area contributed by atoms with Crippen LogP contribution in [-0.4, -0.2) is 41.7 Å². The summed E-state index contributed by atoms with van der Waals surface area (Å²) in [6, 6.07) is 11.3. The number of hydrogen-bond acceptors (Lipinski definition) is 3. The Bertz CT molecular complexity index is 389. The van der Waals surface area contributed by atoms with Crippen molar-refractivity contribution in [2.45, 2.75) is 43.9 Å². The van der Waals surface area contributed by atoms with E-state index in [2.05, 4.69) is 10.2 Å². The van der Waals surface area contributed by atoms with Crippen LogP contribution in [0.4, 0.5) is 0 Å². The molecule has 2 heterocycles. The molecule has 0 saturated carbocycles. The van der Waals surface area contributed by atoms with Crippen LogP contribution in [0, 0.1) is 0 Å². The zero-order valence-electron chi connectivity index (χ0n) is 11.5. The Morgan fingerprint density at radius 3 is 2.79 bits per heavy atom. The maximum Gasteiger partial charge on any atom is 0.0917 e. The molecule has 3 heteroatoms. The lowest BCUT2D eigenvalue weighted by Gasteiger charge is -2.31. The number of nitrogens with zero attached hydrogens (tertiary/aromatic N) is 1. The number of nitrogens with one attached hydrogen (secondary N) is 1. The van der Waals surface area contributed by atoms with Crippen LogP contribution >= 0.6 is 0 Å². The largest absolute Gasteiger partial charge is 0.387 e. The maximum absolute atomic E-state index is 10.4. The van der Waals surface area contributed by atoms with Crippen LogP contribution in [0.1, 0.15) is 37.4 Å². The van der Waals surface area contributed by atoms with E-state index in [4.69, 9.17) is 0 Å². The van der Waals surface area contributed by atoms with Gasteiger partial charge in [0.2, 0.25) is 0 Å².